The first-order valence-electron chi connectivity index (χ1n) is 10.5. The van der Waals surface area contributed by atoms with E-state index >= 15 is 0 Å². The number of carbonyl (C=O) groups is 1. The second-order valence-corrected chi connectivity index (χ2v) is 8.55. The Bertz CT molecular complexity index is 1080. The minimum Gasteiger partial charge on any atom is -0.506 e. The van der Waals surface area contributed by atoms with Gasteiger partial charge in [0.15, 0.2) is 0 Å². The minimum atomic E-state index is -0.151. The van der Waals surface area contributed by atoms with Gasteiger partial charge in [-0.15, -0.1) is 0 Å². The Labute approximate surface area is 187 Å². The first kappa shape index (κ1) is 21.6. The van der Waals surface area contributed by atoms with Gasteiger partial charge in [0.1, 0.15) is 5.75 Å². The summed E-state index contributed by atoms with van der Waals surface area (Å²) in [5.41, 5.74) is 2.94. The molecule has 0 atom stereocenters. The minimum absolute atomic E-state index is 0.0184. The highest BCUT2D eigenvalue weighted by Crippen LogP contribution is 2.24. The smallest absolute Gasteiger partial charge is 0.251 e. The maximum absolute atomic E-state index is 12.5. The molecule has 0 spiro atoms. The summed E-state index contributed by atoms with van der Waals surface area (Å²) in [6, 6.07) is 17.8. The van der Waals surface area contributed by atoms with Gasteiger partial charge in [0.25, 0.3) is 5.91 Å². The highest BCUT2D eigenvalue weighted by molar-refractivity contribution is 6.32. The quantitative estimate of drug-likeness (QED) is 0.583. The molecule has 4 rings (SSSR count). The normalized spacial score (nSPS) is 15.3. The standard InChI is InChI=1S/C25H27ClN2O3/c1-31-16-18-3-5-19-4-2-17(12-21(19)13-18)15-28-10-8-22(9-11-28)27-25(30)20-6-7-24(29)23(26)14-20/h2-7,12-14,22,29H,8-11,15-16H2,1H3,(H,27,30). The maximum Gasteiger partial charge on any atom is 0.251 e. The van der Waals surface area contributed by atoms with Crippen LogP contribution in [0.3, 0.4) is 0 Å². The molecular formula is C25H27ClN2O3. The molecule has 0 radical (unpaired) electrons. The van der Waals surface area contributed by atoms with Crippen molar-refractivity contribution in [3.63, 3.8) is 0 Å². The zero-order valence-corrected chi connectivity index (χ0v) is 18.4. The largest absolute Gasteiger partial charge is 0.506 e. The summed E-state index contributed by atoms with van der Waals surface area (Å²) < 4.78 is 5.25. The van der Waals surface area contributed by atoms with E-state index in [0.29, 0.717) is 12.2 Å². The van der Waals surface area contributed by atoms with Crippen molar-refractivity contribution in [3.05, 3.63) is 76.3 Å². The van der Waals surface area contributed by atoms with E-state index in [2.05, 4.69) is 46.6 Å². The third-order valence-corrected chi connectivity index (χ3v) is 6.12. The van der Waals surface area contributed by atoms with Crippen LogP contribution in [0.2, 0.25) is 5.02 Å². The lowest BCUT2D eigenvalue weighted by atomic mass is 10.0. The molecule has 0 aromatic heterocycles. The molecule has 1 aliphatic rings. The van der Waals surface area contributed by atoms with Gasteiger partial charge in [-0.1, -0.05) is 35.9 Å². The number of nitrogens with zero attached hydrogens (tertiary/aromatic N) is 1. The fourth-order valence-corrected chi connectivity index (χ4v) is 4.29. The van der Waals surface area contributed by atoms with Crippen molar-refractivity contribution in [1.29, 1.82) is 0 Å². The predicted octanol–water partition coefficient (Wildman–Crippen LogP) is 4.74. The zero-order valence-electron chi connectivity index (χ0n) is 17.6. The van der Waals surface area contributed by atoms with Crippen molar-refractivity contribution in [2.45, 2.75) is 32.0 Å². The third kappa shape index (κ3) is 5.37. The third-order valence-electron chi connectivity index (χ3n) is 5.82. The van der Waals surface area contributed by atoms with E-state index in [0.717, 1.165) is 32.5 Å². The first-order valence-corrected chi connectivity index (χ1v) is 10.9. The molecule has 1 fully saturated rings. The van der Waals surface area contributed by atoms with Crippen molar-refractivity contribution < 1.29 is 14.6 Å². The van der Waals surface area contributed by atoms with Crippen LogP contribution in [0.4, 0.5) is 0 Å². The molecule has 1 aliphatic heterocycles. The molecule has 3 aromatic rings. The number of carbonyl (C=O) groups excluding carboxylic acids is 1. The molecule has 1 heterocycles. The van der Waals surface area contributed by atoms with E-state index < -0.39 is 0 Å². The van der Waals surface area contributed by atoms with Gasteiger partial charge in [0.2, 0.25) is 0 Å². The average Bonchev–Trinajstić information content (AvgIpc) is 2.77. The van der Waals surface area contributed by atoms with Crippen LogP contribution in [0.15, 0.2) is 54.6 Å². The van der Waals surface area contributed by atoms with Crippen LogP contribution in [0.5, 0.6) is 5.75 Å². The van der Waals surface area contributed by atoms with E-state index in [9.17, 15) is 9.90 Å². The Kier molecular flexibility index (Phi) is 6.76. The maximum atomic E-state index is 12.5. The van der Waals surface area contributed by atoms with Crippen LogP contribution in [0.25, 0.3) is 10.8 Å². The number of methoxy groups -OCH3 is 1. The summed E-state index contributed by atoms with van der Waals surface area (Å²) in [5.74, 6) is -0.170. The molecule has 1 saturated heterocycles. The number of rotatable bonds is 6. The molecule has 1 amide bonds. The van der Waals surface area contributed by atoms with Gasteiger partial charge >= 0.3 is 0 Å². The topological polar surface area (TPSA) is 61.8 Å². The fraction of sp³-hybridized carbons (Fsp3) is 0.320. The van der Waals surface area contributed by atoms with Gasteiger partial charge in [0.05, 0.1) is 11.6 Å². The van der Waals surface area contributed by atoms with Crippen molar-refractivity contribution >= 4 is 28.3 Å². The number of likely N-dealkylation sites (tertiary alicyclic amines) is 1. The number of phenols is 1. The molecule has 0 bridgehead atoms. The van der Waals surface area contributed by atoms with Crippen molar-refractivity contribution in [2.75, 3.05) is 20.2 Å². The van der Waals surface area contributed by atoms with E-state index in [1.165, 1.54) is 34.0 Å². The number of halogens is 1. The van der Waals surface area contributed by atoms with E-state index in [4.69, 9.17) is 16.3 Å². The number of hydrogen-bond donors (Lipinski definition) is 2. The Hall–Kier alpha value is -2.60. The van der Waals surface area contributed by atoms with Crippen LogP contribution >= 0.6 is 11.6 Å². The van der Waals surface area contributed by atoms with Crippen LogP contribution in [0.1, 0.15) is 34.3 Å². The summed E-state index contributed by atoms with van der Waals surface area (Å²) in [7, 11) is 1.71. The lowest BCUT2D eigenvalue weighted by molar-refractivity contribution is 0.0909. The number of ether oxygens (including phenoxy) is 1. The van der Waals surface area contributed by atoms with E-state index in [-0.39, 0.29) is 22.7 Å². The van der Waals surface area contributed by atoms with Crippen molar-refractivity contribution in [3.8, 4) is 5.75 Å². The Balaban J connectivity index is 1.32. The number of hydrogen-bond acceptors (Lipinski definition) is 4. The van der Waals surface area contributed by atoms with Gasteiger partial charge < -0.3 is 15.2 Å². The zero-order chi connectivity index (χ0) is 21.8. The lowest BCUT2D eigenvalue weighted by Crippen LogP contribution is -2.44. The Morgan fingerprint density at radius 3 is 2.48 bits per heavy atom. The number of fused-ring (bicyclic) bond motifs is 1. The van der Waals surface area contributed by atoms with Gasteiger partial charge in [0, 0.05) is 38.3 Å². The summed E-state index contributed by atoms with van der Waals surface area (Å²) in [4.78, 5) is 14.9. The molecule has 0 aliphatic carbocycles. The monoisotopic (exact) mass is 438 g/mol. The molecule has 162 valence electrons. The molecule has 2 N–H and O–H groups in total. The summed E-state index contributed by atoms with van der Waals surface area (Å²) in [6.45, 7) is 3.39. The van der Waals surface area contributed by atoms with Crippen molar-refractivity contribution in [2.24, 2.45) is 0 Å². The van der Waals surface area contributed by atoms with Crippen LogP contribution in [-0.2, 0) is 17.9 Å². The summed E-state index contributed by atoms with van der Waals surface area (Å²) >= 11 is 5.91. The lowest BCUT2D eigenvalue weighted by Gasteiger charge is -2.32. The first-order chi connectivity index (χ1) is 15.0. The average molecular weight is 439 g/mol. The molecule has 31 heavy (non-hydrogen) atoms. The number of benzene rings is 3. The van der Waals surface area contributed by atoms with Gasteiger partial charge in [-0.25, -0.2) is 0 Å². The second-order valence-electron chi connectivity index (χ2n) is 8.14. The SMILES string of the molecule is COCc1ccc2ccc(CN3CCC(NC(=O)c4ccc(O)c(Cl)c4)CC3)cc2c1. The number of amides is 1. The molecule has 5 nitrogen and oxygen atoms in total. The van der Waals surface area contributed by atoms with Crippen molar-refractivity contribution in [1.82, 2.24) is 10.2 Å². The highest BCUT2D eigenvalue weighted by atomic mass is 35.5. The number of piperidine rings is 1. The molecule has 6 heteroatoms. The Morgan fingerprint density at radius 1 is 1.06 bits per heavy atom. The molecular weight excluding hydrogens is 412 g/mol. The van der Waals surface area contributed by atoms with Gasteiger partial charge in [-0.2, -0.15) is 0 Å². The predicted molar refractivity (Wildman–Crippen MR) is 124 cm³/mol. The fourth-order valence-electron chi connectivity index (χ4n) is 4.11. The molecule has 0 saturated carbocycles. The number of phenolic OH excluding ortho intramolecular Hbond substituents is 1. The van der Waals surface area contributed by atoms with Crippen LogP contribution in [0, 0.1) is 0 Å². The second kappa shape index (κ2) is 9.69. The molecule has 3 aromatic carbocycles. The number of aromatic hydroxyl groups is 1. The molecule has 0 unspecified atom stereocenters. The summed E-state index contributed by atoms with van der Waals surface area (Å²) in [6.07, 6.45) is 1.81. The number of nitrogens with one attached hydrogen (secondary N) is 1. The van der Waals surface area contributed by atoms with Crippen LogP contribution in [-0.4, -0.2) is 42.2 Å². The van der Waals surface area contributed by atoms with Gasteiger partial charge in [-0.3, -0.25) is 9.69 Å². The summed E-state index contributed by atoms with van der Waals surface area (Å²) in [5, 5.41) is 15.3. The van der Waals surface area contributed by atoms with Crippen LogP contribution < -0.4 is 5.32 Å². The van der Waals surface area contributed by atoms with E-state index in [1.54, 1.807) is 13.2 Å². The highest BCUT2D eigenvalue weighted by Gasteiger charge is 2.21. The Morgan fingerprint density at radius 2 is 1.77 bits per heavy atom. The van der Waals surface area contributed by atoms with Gasteiger partial charge in [-0.05, 0) is 65.1 Å². The van der Waals surface area contributed by atoms with E-state index in [1.807, 2.05) is 0 Å².